The standard InChI is InChI=1S/C11H17N3O3S/c1-10-5-6-11(17-10)9-14(3)18(15,16)13(2)8-4-7-12/h5-6H,4,8-9H2,1-3H3. The Morgan fingerprint density at radius 1 is 1.33 bits per heavy atom. The second kappa shape index (κ2) is 6.00. The van der Waals surface area contributed by atoms with E-state index in [1.165, 1.54) is 18.4 Å². The number of furan rings is 1. The van der Waals surface area contributed by atoms with Crippen LogP contribution in [0.15, 0.2) is 16.5 Å². The van der Waals surface area contributed by atoms with Gasteiger partial charge >= 0.3 is 0 Å². The van der Waals surface area contributed by atoms with Gasteiger partial charge in [-0.15, -0.1) is 0 Å². The molecule has 0 fully saturated rings. The lowest BCUT2D eigenvalue weighted by Crippen LogP contribution is -2.39. The molecule has 0 aliphatic carbocycles. The highest BCUT2D eigenvalue weighted by molar-refractivity contribution is 7.86. The highest BCUT2D eigenvalue weighted by Crippen LogP contribution is 2.12. The SMILES string of the molecule is Cc1ccc(CN(C)S(=O)(=O)N(C)CCC#N)o1. The van der Waals surface area contributed by atoms with Gasteiger partial charge in [0.1, 0.15) is 11.5 Å². The molecular weight excluding hydrogens is 254 g/mol. The summed E-state index contributed by atoms with van der Waals surface area (Å²) in [5, 5.41) is 8.46. The van der Waals surface area contributed by atoms with Crippen LogP contribution in [0.2, 0.25) is 0 Å². The minimum Gasteiger partial charge on any atom is -0.465 e. The molecule has 1 aromatic heterocycles. The maximum Gasteiger partial charge on any atom is 0.281 e. The molecular formula is C11H17N3O3S. The Labute approximate surface area is 108 Å². The molecule has 18 heavy (non-hydrogen) atoms. The van der Waals surface area contributed by atoms with E-state index in [1.54, 1.807) is 19.1 Å². The van der Waals surface area contributed by atoms with Crippen molar-refractivity contribution in [1.82, 2.24) is 8.61 Å². The number of rotatable bonds is 6. The van der Waals surface area contributed by atoms with Crippen molar-refractivity contribution in [2.24, 2.45) is 0 Å². The number of nitriles is 1. The zero-order valence-corrected chi connectivity index (χ0v) is 11.6. The Balaban J connectivity index is 2.70. The summed E-state index contributed by atoms with van der Waals surface area (Å²) < 4.78 is 31.8. The van der Waals surface area contributed by atoms with Gasteiger partial charge in [0, 0.05) is 27.1 Å². The van der Waals surface area contributed by atoms with Crippen LogP contribution in [0, 0.1) is 18.3 Å². The van der Waals surface area contributed by atoms with Crippen LogP contribution in [0.3, 0.4) is 0 Å². The van der Waals surface area contributed by atoms with E-state index in [4.69, 9.17) is 9.68 Å². The fourth-order valence-electron chi connectivity index (χ4n) is 1.43. The Morgan fingerprint density at radius 3 is 2.50 bits per heavy atom. The lowest BCUT2D eigenvalue weighted by atomic mass is 10.4. The van der Waals surface area contributed by atoms with Gasteiger partial charge in [-0.2, -0.15) is 22.3 Å². The van der Waals surface area contributed by atoms with Gasteiger partial charge in [-0.1, -0.05) is 0 Å². The molecule has 0 N–H and O–H groups in total. The van der Waals surface area contributed by atoms with Crippen molar-refractivity contribution in [3.05, 3.63) is 23.7 Å². The van der Waals surface area contributed by atoms with Crippen LogP contribution in [-0.2, 0) is 16.8 Å². The van der Waals surface area contributed by atoms with Crippen LogP contribution in [0.5, 0.6) is 0 Å². The maximum absolute atomic E-state index is 12.0. The summed E-state index contributed by atoms with van der Waals surface area (Å²) in [4.78, 5) is 0. The van der Waals surface area contributed by atoms with Crippen molar-refractivity contribution >= 4 is 10.2 Å². The van der Waals surface area contributed by atoms with Crippen LogP contribution in [0.25, 0.3) is 0 Å². The summed E-state index contributed by atoms with van der Waals surface area (Å²) >= 11 is 0. The molecule has 0 bridgehead atoms. The van der Waals surface area contributed by atoms with Gasteiger partial charge in [0.2, 0.25) is 0 Å². The van der Waals surface area contributed by atoms with Crippen molar-refractivity contribution < 1.29 is 12.8 Å². The summed E-state index contributed by atoms with van der Waals surface area (Å²) in [6, 6.07) is 5.45. The number of nitrogens with zero attached hydrogens (tertiary/aromatic N) is 3. The number of hydrogen-bond acceptors (Lipinski definition) is 4. The Bertz CT molecular complexity index is 530. The first kappa shape index (κ1) is 14.7. The van der Waals surface area contributed by atoms with Crippen LogP contribution < -0.4 is 0 Å². The summed E-state index contributed by atoms with van der Waals surface area (Å²) in [7, 11) is -0.607. The molecule has 100 valence electrons. The van der Waals surface area contributed by atoms with Gasteiger partial charge in [0.05, 0.1) is 12.6 Å². The highest BCUT2D eigenvalue weighted by Gasteiger charge is 2.24. The van der Waals surface area contributed by atoms with E-state index < -0.39 is 10.2 Å². The molecule has 1 rings (SSSR count). The minimum absolute atomic E-state index is 0.170. The van der Waals surface area contributed by atoms with Crippen molar-refractivity contribution in [2.75, 3.05) is 20.6 Å². The van der Waals surface area contributed by atoms with E-state index in [2.05, 4.69) is 0 Å². The van der Waals surface area contributed by atoms with E-state index in [9.17, 15) is 8.42 Å². The average molecular weight is 271 g/mol. The molecule has 0 unspecified atom stereocenters. The van der Waals surface area contributed by atoms with Crippen molar-refractivity contribution in [2.45, 2.75) is 19.9 Å². The Hall–Kier alpha value is -1.36. The zero-order valence-electron chi connectivity index (χ0n) is 10.8. The second-order valence-corrected chi connectivity index (χ2v) is 6.15. The van der Waals surface area contributed by atoms with Gasteiger partial charge in [-0.25, -0.2) is 0 Å². The molecule has 0 saturated heterocycles. The third-order valence-electron chi connectivity index (χ3n) is 2.50. The van der Waals surface area contributed by atoms with E-state index in [1.807, 2.05) is 6.07 Å². The summed E-state index contributed by atoms with van der Waals surface area (Å²) in [5.41, 5.74) is 0. The topological polar surface area (TPSA) is 77.5 Å². The van der Waals surface area contributed by atoms with Gasteiger partial charge in [-0.3, -0.25) is 0 Å². The van der Waals surface area contributed by atoms with Crippen LogP contribution >= 0.6 is 0 Å². The molecule has 0 spiro atoms. The molecule has 0 saturated carbocycles. The first-order valence-corrected chi connectivity index (χ1v) is 6.87. The molecule has 1 heterocycles. The molecule has 0 aromatic carbocycles. The largest absolute Gasteiger partial charge is 0.465 e. The van der Waals surface area contributed by atoms with Gasteiger partial charge < -0.3 is 4.42 Å². The molecule has 0 aliphatic heterocycles. The van der Waals surface area contributed by atoms with Crippen LogP contribution in [0.1, 0.15) is 17.9 Å². The predicted molar refractivity (Wildman–Crippen MR) is 66.7 cm³/mol. The fraction of sp³-hybridized carbons (Fsp3) is 0.545. The van der Waals surface area contributed by atoms with Crippen LogP contribution in [0.4, 0.5) is 0 Å². The zero-order chi connectivity index (χ0) is 13.8. The fourth-order valence-corrected chi connectivity index (χ4v) is 2.52. The second-order valence-electron chi connectivity index (χ2n) is 4.01. The van der Waals surface area contributed by atoms with Gasteiger partial charge in [-0.05, 0) is 19.1 Å². The van der Waals surface area contributed by atoms with Gasteiger partial charge in [0.25, 0.3) is 10.2 Å². The van der Waals surface area contributed by atoms with E-state index >= 15 is 0 Å². The Morgan fingerprint density at radius 2 is 2.00 bits per heavy atom. The molecule has 0 aliphatic rings. The Kier molecular flexibility index (Phi) is 4.90. The first-order valence-electron chi connectivity index (χ1n) is 5.48. The summed E-state index contributed by atoms with van der Waals surface area (Å²) in [6.45, 7) is 2.16. The summed E-state index contributed by atoms with van der Waals surface area (Å²) in [6.07, 6.45) is 0.170. The van der Waals surface area contributed by atoms with E-state index in [-0.39, 0.29) is 19.5 Å². The molecule has 0 atom stereocenters. The smallest absolute Gasteiger partial charge is 0.281 e. The van der Waals surface area contributed by atoms with Crippen molar-refractivity contribution in [1.29, 1.82) is 5.26 Å². The van der Waals surface area contributed by atoms with Crippen molar-refractivity contribution in [3.63, 3.8) is 0 Å². The third-order valence-corrected chi connectivity index (χ3v) is 4.39. The molecule has 0 amide bonds. The number of hydrogen-bond donors (Lipinski definition) is 0. The van der Waals surface area contributed by atoms with Crippen molar-refractivity contribution in [3.8, 4) is 6.07 Å². The lowest BCUT2D eigenvalue weighted by Gasteiger charge is -2.22. The quantitative estimate of drug-likeness (QED) is 0.776. The molecule has 0 radical (unpaired) electrons. The predicted octanol–water partition coefficient (Wildman–Crippen LogP) is 1.11. The molecule has 6 nitrogen and oxygen atoms in total. The normalized spacial score (nSPS) is 12.0. The highest BCUT2D eigenvalue weighted by atomic mass is 32.2. The lowest BCUT2D eigenvalue weighted by molar-refractivity contribution is 0.361. The minimum atomic E-state index is -3.54. The molecule has 7 heteroatoms. The maximum atomic E-state index is 12.0. The summed E-state index contributed by atoms with van der Waals surface area (Å²) in [5.74, 6) is 1.33. The van der Waals surface area contributed by atoms with Crippen LogP contribution in [-0.4, -0.2) is 37.7 Å². The third kappa shape index (κ3) is 3.57. The number of aryl methyl sites for hydroxylation is 1. The average Bonchev–Trinajstić information content (AvgIpc) is 2.71. The van der Waals surface area contributed by atoms with E-state index in [0.717, 1.165) is 10.1 Å². The molecule has 1 aromatic rings. The van der Waals surface area contributed by atoms with Gasteiger partial charge in [0.15, 0.2) is 0 Å². The van der Waals surface area contributed by atoms with E-state index in [0.29, 0.717) is 5.76 Å². The monoisotopic (exact) mass is 271 g/mol. The first-order chi connectivity index (χ1) is 8.37.